The van der Waals surface area contributed by atoms with Gasteiger partial charge in [0.05, 0.1) is 11.3 Å². The zero-order chi connectivity index (χ0) is 40.6. The second-order valence-electron chi connectivity index (χ2n) is 19.4. The van der Waals surface area contributed by atoms with Crippen LogP contribution in [0.3, 0.4) is 0 Å². The first-order valence-electron chi connectivity index (χ1n) is 20.6. The molecule has 0 atom stereocenters. The summed E-state index contributed by atoms with van der Waals surface area (Å²) in [6.45, 7) is 30.2. The number of thiophene rings is 1. The first-order valence-corrected chi connectivity index (χ1v) is 21.5. The third kappa shape index (κ3) is 10.4. The van der Waals surface area contributed by atoms with E-state index in [1.54, 1.807) is 6.33 Å². The molecular formula is C49H66IrN3O2S-. The van der Waals surface area contributed by atoms with Crippen LogP contribution in [-0.4, -0.2) is 25.8 Å². The molecule has 5 nitrogen and oxygen atoms in total. The summed E-state index contributed by atoms with van der Waals surface area (Å²) in [7, 11) is 0. The van der Waals surface area contributed by atoms with E-state index in [4.69, 9.17) is 15.0 Å². The molecule has 1 fully saturated rings. The molecule has 305 valence electrons. The topological polar surface area (TPSA) is 76.0 Å². The Labute approximate surface area is 355 Å². The number of aliphatic hydroxyl groups excluding tert-OH is 1. The van der Waals surface area contributed by atoms with Crippen LogP contribution in [0.4, 0.5) is 0 Å². The smallest absolute Gasteiger partial charge is 0.162 e. The number of pyridine rings is 1. The van der Waals surface area contributed by atoms with Crippen LogP contribution in [-0.2, 0) is 30.3 Å². The zero-order valence-electron chi connectivity index (χ0n) is 36.4. The molecule has 1 N–H and O–H groups in total. The van der Waals surface area contributed by atoms with Gasteiger partial charge in [0.15, 0.2) is 5.78 Å². The van der Waals surface area contributed by atoms with E-state index in [0.717, 1.165) is 38.1 Å². The molecule has 0 bridgehead atoms. The summed E-state index contributed by atoms with van der Waals surface area (Å²) in [4.78, 5) is 26.8. The third-order valence-electron chi connectivity index (χ3n) is 11.8. The quantitative estimate of drug-likeness (QED) is 0.0905. The van der Waals surface area contributed by atoms with E-state index >= 15 is 0 Å². The second kappa shape index (κ2) is 18.3. The second-order valence-corrected chi connectivity index (χ2v) is 20.4. The minimum absolute atomic E-state index is 0. The van der Waals surface area contributed by atoms with Crippen molar-refractivity contribution in [2.24, 2.45) is 40.9 Å². The molecule has 0 unspecified atom stereocenters. The van der Waals surface area contributed by atoms with Crippen molar-refractivity contribution in [1.82, 2.24) is 15.0 Å². The van der Waals surface area contributed by atoms with E-state index in [2.05, 4.69) is 132 Å². The van der Waals surface area contributed by atoms with Gasteiger partial charge in [0, 0.05) is 69.7 Å². The number of nitrogens with zero attached hydrogens (tertiary/aromatic N) is 3. The Kier molecular flexibility index (Phi) is 14.9. The number of hydrogen-bond donors (Lipinski definition) is 1. The SMILES string of the molecule is CC(C)C(C(=O)/C=C(\O)C(C(C)C)C(C)C)C(C)C.Cc1ccc2[c-]c(-c3ncnc4c3sc3cc(C5CCC(C)(C)CC5)ccc34)cc(C(C)(C)C)c2n1.[Ir]. The standard InChI is InChI=1S/C32H34N3S.C17H32O2.Ir/c1-19-7-8-22-15-23(16-25(27(22)35-19)31(2,3)4)28-30-29(34-18-33-28)24-10-9-21(17-26(24)36-30)20-11-13-32(5,6)14-12-20;1-10(2)16(11(3)4)14(18)9-15(19)17(12(5)6)13(7)8;/h7-10,16-18,20H,11-14H2,1-6H3;9-13,16-18H,1-8H3;/q-1;;/b;14-9-;. The van der Waals surface area contributed by atoms with E-state index in [0.29, 0.717) is 35.0 Å². The molecule has 6 rings (SSSR count). The molecule has 1 radical (unpaired) electrons. The third-order valence-corrected chi connectivity index (χ3v) is 13.0. The van der Waals surface area contributed by atoms with Crippen LogP contribution in [0, 0.1) is 53.9 Å². The van der Waals surface area contributed by atoms with E-state index < -0.39 is 0 Å². The first-order chi connectivity index (χ1) is 25.7. The zero-order valence-corrected chi connectivity index (χ0v) is 39.6. The van der Waals surface area contributed by atoms with E-state index in [1.807, 2.05) is 18.3 Å². The van der Waals surface area contributed by atoms with Crippen molar-refractivity contribution in [3.8, 4) is 11.3 Å². The predicted octanol–water partition coefficient (Wildman–Crippen LogP) is 14.0. The number of carbonyl (C=O) groups excluding carboxylic acids is 1. The average molecular weight is 953 g/mol. The van der Waals surface area contributed by atoms with Crippen molar-refractivity contribution in [3.63, 3.8) is 0 Å². The summed E-state index contributed by atoms with van der Waals surface area (Å²) >= 11 is 1.82. The first kappa shape index (κ1) is 45.7. The fraction of sp³-hybridized carbons (Fsp3) is 0.551. The van der Waals surface area contributed by atoms with Gasteiger partial charge in [-0.05, 0) is 84.7 Å². The van der Waals surface area contributed by atoms with Crippen molar-refractivity contribution in [3.05, 3.63) is 77.4 Å². The number of fused-ring (bicyclic) bond motifs is 4. The maximum absolute atomic E-state index is 12.3. The number of hydrogen-bond acceptors (Lipinski definition) is 6. The Morgan fingerprint density at radius 2 is 1.48 bits per heavy atom. The van der Waals surface area contributed by atoms with Gasteiger partial charge >= 0.3 is 0 Å². The van der Waals surface area contributed by atoms with Gasteiger partial charge in [-0.3, -0.25) is 14.8 Å². The number of aryl methyl sites for hydroxylation is 1. The van der Waals surface area contributed by atoms with Gasteiger partial charge < -0.3 is 5.11 Å². The molecule has 1 aliphatic rings. The fourth-order valence-corrected chi connectivity index (χ4v) is 10.2. The maximum atomic E-state index is 12.3. The van der Waals surface area contributed by atoms with Gasteiger partial charge in [-0.25, -0.2) is 4.98 Å². The summed E-state index contributed by atoms with van der Waals surface area (Å²) in [5, 5.41) is 12.5. The predicted molar refractivity (Wildman–Crippen MR) is 235 cm³/mol. The molecule has 1 aliphatic carbocycles. The molecule has 2 aromatic carbocycles. The van der Waals surface area contributed by atoms with E-state index in [9.17, 15) is 9.90 Å². The molecule has 0 amide bonds. The minimum atomic E-state index is -0.0430. The number of ketones is 1. The van der Waals surface area contributed by atoms with Gasteiger partial charge in [-0.1, -0.05) is 125 Å². The van der Waals surface area contributed by atoms with Crippen molar-refractivity contribution in [1.29, 1.82) is 0 Å². The molecule has 56 heavy (non-hydrogen) atoms. The van der Waals surface area contributed by atoms with Crippen LogP contribution < -0.4 is 0 Å². The van der Waals surface area contributed by atoms with Crippen molar-refractivity contribution >= 4 is 48.3 Å². The number of aromatic nitrogens is 3. The number of rotatable bonds is 9. The molecule has 0 spiro atoms. The van der Waals surface area contributed by atoms with Crippen molar-refractivity contribution < 1.29 is 30.0 Å². The Morgan fingerprint density at radius 1 is 0.875 bits per heavy atom. The number of aliphatic hydroxyl groups is 1. The summed E-state index contributed by atoms with van der Waals surface area (Å²) < 4.78 is 2.45. The Morgan fingerprint density at radius 3 is 2.05 bits per heavy atom. The number of benzene rings is 2. The number of carbonyl (C=O) groups is 1. The normalized spacial score (nSPS) is 15.5. The summed E-state index contributed by atoms with van der Waals surface area (Å²) in [6.07, 6.45) is 8.37. The number of allylic oxidation sites excluding steroid dienone is 2. The van der Waals surface area contributed by atoms with Gasteiger partial charge in [-0.2, -0.15) is 0 Å². The van der Waals surface area contributed by atoms with Crippen LogP contribution >= 0.6 is 11.3 Å². The molecule has 1 saturated carbocycles. The van der Waals surface area contributed by atoms with Gasteiger partial charge in [0.2, 0.25) is 0 Å². The molecule has 3 aromatic heterocycles. The maximum Gasteiger partial charge on any atom is 0.162 e. The molecule has 0 saturated heterocycles. The van der Waals surface area contributed by atoms with Gasteiger partial charge in [0.25, 0.3) is 0 Å². The fourth-order valence-electron chi connectivity index (χ4n) is 8.94. The Balaban J connectivity index is 0.000000299. The van der Waals surface area contributed by atoms with Gasteiger partial charge in [0.1, 0.15) is 6.33 Å². The summed E-state index contributed by atoms with van der Waals surface area (Å²) in [5.41, 5.74) is 8.25. The van der Waals surface area contributed by atoms with Crippen LogP contribution in [0.15, 0.2) is 54.6 Å². The molecule has 5 aromatic rings. The van der Waals surface area contributed by atoms with Crippen LogP contribution in [0.5, 0.6) is 0 Å². The van der Waals surface area contributed by atoms with Crippen LogP contribution in [0.25, 0.3) is 42.5 Å². The Hall–Kier alpha value is -2.99. The van der Waals surface area contributed by atoms with Crippen LogP contribution in [0.1, 0.15) is 138 Å². The largest absolute Gasteiger partial charge is 0.512 e. The van der Waals surface area contributed by atoms with E-state index in [1.165, 1.54) is 53.0 Å². The molecule has 0 aliphatic heterocycles. The monoisotopic (exact) mass is 953 g/mol. The van der Waals surface area contributed by atoms with Gasteiger partial charge in [-0.15, -0.1) is 29.5 Å². The summed E-state index contributed by atoms with van der Waals surface area (Å²) in [5.74, 6) is 2.29. The van der Waals surface area contributed by atoms with Crippen molar-refractivity contribution in [2.45, 2.75) is 134 Å². The molecular weight excluding hydrogens is 887 g/mol. The average Bonchev–Trinajstić information content (AvgIpc) is 3.45. The minimum Gasteiger partial charge on any atom is -0.512 e. The molecule has 7 heteroatoms. The molecule has 3 heterocycles. The van der Waals surface area contributed by atoms with E-state index in [-0.39, 0.29) is 48.9 Å². The summed E-state index contributed by atoms with van der Waals surface area (Å²) in [6, 6.07) is 17.1. The Bertz CT molecular complexity index is 2150. The van der Waals surface area contributed by atoms with Crippen LogP contribution in [0.2, 0.25) is 0 Å². The van der Waals surface area contributed by atoms with Crippen molar-refractivity contribution in [2.75, 3.05) is 0 Å².